The van der Waals surface area contributed by atoms with Gasteiger partial charge in [0.15, 0.2) is 0 Å². The van der Waals surface area contributed by atoms with E-state index in [1.807, 2.05) is 31.2 Å². The predicted molar refractivity (Wildman–Crippen MR) is 226 cm³/mol. The van der Waals surface area contributed by atoms with Gasteiger partial charge in [-0.1, -0.05) is 25.0 Å². The second kappa shape index (κ2) is 17.7. The van der Waals surface area contributed by atoms with Crippen LogP contribution in [-0.4, -0.2) is 108 Å². The summed E-state index contributed by atoms with van der Waals surface area (Å²) >= 11 is 0. The Kier molecular flexibility index (Phi) is 12.5. The first kappa shape index (κ1) is 44.4. The van der Waals surface area contributed by atoms with Crippen LogP contribution in [0.4, 0.5) is 13.2 Å². The molecule has 3 aliphatic heterocycles. The maximum Gasteiger partial charge on any atom is 0.391 e. The van der Waals surface area contributed by atoms with Gasteiger partial charge in [0.2, 0.25) is 27.7 Å². The van der Waals surface area contributed by atoms with Gasteiger partial charge < -0.3 is 24.6 Å². The molecular formula is C45H53F3N6O8S. The van der Waals surface area contributed by atoms with Crippen molar-refractivity contribution in [3.05, 3.63) is 60.4 Å². The molecule has 18 heteroatoms. The molecule has 1 unspecified atom stereocenters. The number of allylic oxidation sites excluding steroid dienone is 1. The predicted octanol–water partition coefficient (Wildman–Crippen LogP) is 5.77. The lowest BCUT2D eigenvalue weighted by atomic mass is 9.92. The molecule has 5 atom stereocenters. The van der Waals surface area contributed by atoms with Crippen molar-refractivity contribution in [3.63, 3.8) is 0 Å². The van der Waals surface area contributed by atoms with Gasteiger partial charge in [0.05, 0.1) is 36.0 Å². The summed E-state index contributed by atoms with van der Waals surface area (Å²) in [5.74, 6) is -4.25. The molecule has 0 radical (unpaired) electrons. The number of hydrogen-bond acceptors (Lipinski definition) is 10. The minimum atomic E-state index is -4.35. The molecule has 3 aromatic rings. The molecular weight excluding hydrogens is 842 g/mol. The first-order valence-corrected chi connectivity index (χ1v) is 23.4. The van der Waals surface area contributed by atoms with Crippen molar-refractivity contribution in [2.75, 3.05) is 26.7 Å². The Balaban J connectivity index is 1.12. The molecule has 2 N–H and O–H groups in total. The second-order valence-corrected chi connectivity index (χ2v) is 19.6. The van der Waals surface area contributed by atoms with Crippen LogP contribution in [0.25, 0.3) is 22.2 Å². The fourth-order valence-corrected chi connectivity index (χ4v) is 10.7. The first-order chi connectivity index (χ1) is 30.1. The van der Waals surface area contributed by atoms with E-state index in [0.717, 1.165) is 17.5 Å². The van der Waals surface area contributed by atoms with E-state index in [4.69, 9.17) is 14.5 Å². The molecule has 0 bridgehead atoms. The Morgan fingerprint density at radius 2 is 1.81 bits per heavy atom. The van der Waals surface area contributed by atoms with Crippen LogP contribution in [0.3, 0.4) is 0 Å². The summed E-state index contributed by atoms with van der Waals surface area (Å²) in [5, 5.41) is 2.86. The number of rotatable bonds is 9. The van der Waals surface area contributed by atoms with Gasteiger partial charge in [0.1, 0.15) is 29.2 Å². The number of fused-ring (bicyclic) bond motifs is 3. The number of likely N-dealkylation sites (tertiary alicyclic amines) is 1. The highest BCUT2D eigenvalue weighted by atomic mass is 32.2. The van der Waals surface area contributed by atoms with Crippen LogP contribution in [-0.2, 0) is 29.2 Å². The van der Waals surface area contributed by atoms with E-state index in [-0.39, 0.29) is 51.7 Å². The number of methoxy groups -OCH3 is 1. The zero-order chi connectivity index (χ0) is 44.7. The number of nitrogens with one attached hydrogen (secondary N) is 2. The molecule has 2 aliphatic carbocycles. The van der Waals surface area contributed by atoms with Gasteiger partial charge in [0.25, 0.3) is 5.91 Å². The number of carbonyl (C=O) groups excluding carboxylic acids is 4. The number of amides is 4. The fraction of sp³-hybridized carbons (Fsp3) is 0.556. The van der Waals surface area contributed by atoms with Crippen LogP contribution in [0.1, 0.15) is 82.6 Å². The highest BCUT2D eigenvalue weighted by Crippen LogP contribution is 2.46. The minimum Gasteiger partial charge on any atom is -0.496 e. The van der Waals surface area contributed by atoms with Crippen LogP contribution >= 0.6 is 0 Å². The molecule has 63 heavy (non-hydrogen) atoms. The standard InChI is InChI=1S/C45H53F3N6O8S/c1-27-37(61-2)15-14-34-38(23-35(50-40(27)34)29-10-8-18-49-25-29)62-32-22-36-41(56)51-44(43(58)52-63(59,60)33-12-13-33)24-31(44)11-7-5-3-4-6-9-28(42(57)54(36)26-32)21-39(55)53-19-16-30(17-20-53)45(46,47)48/h7-8,10-11,14-15,18,23,25,28,30-33,36H,3-6,9,12-13,16-17,19-22,24,26H2,1-2H3,(H,51,56)(H,52,58)/b11-7-/t28-,31?,32-,36+,44-/m1/s1. The summed E-state index contributed by atoms with van der Waals surface area (Å²) in [7, 11) is -2.39. The van der Waals surface area contributed by atoms with Gasteiger partial charge in [-0.25, -0.2) is 13.4 Å². The topological polar surface area (TPSA) is 177 Å². The summed E-state index contributed by atoms with van der Waals surface area (Å²) < 4.78 is 81.0. The van der Waals surface area contributed by atoms with Gasteiger partial charge in [-0.3, -0.25) is 28.9 Å². The largest absolute Gasteiger partial charge is 0.496 e. The lowest BCUT2D eigenvalue weighted by molar-refractivity contribution is -0.186. The molecule has 2 aromatic heterocycles. The number of piperidine rings is 1. The lowest BCUT2D eigenvalue weighted by Crippen LogP contribution is -2.57. The zero-order valence-corrected chi connectivity index (χ0v) is 36.2. The highest BCUT2D eigenvalue weighted by molar-refractivity contribution is 7.91. The van der Waals surface area contributed by atoms with Crippen molar-refractivity contribution in [2.24, 2.45) is 17.8 Å². The number of aromatic nitrogens is 2. The van der Waals surface area contributed by atoms with E-state index in [1.54, 1.807) is 37.7 Å². The number of sulfonamides is 1. The monoisotopic (exact) mass is 894 g/mol. The van der Waals surface area contributed by atoms with E-state index in [2.05, 4.69) is 15.0 Å². The van der Waals surface area contributed by atoms with Gasteiger partial charge >= 0.3 is 6.18 Å². The van der Waals surface area contributed by atoms with E-state index < -0.39 is 80.5 Å². The Hall–Kier alpha value is -5.26. The second-order valence-electron chi connectivity index (χ2n) is 17.6. The number of nitrogens with zero attached hydrogens (tertiary/aromatic N) is 4. The van der Waals surface area contributed by atoms with Gasteiger partial charge in [0, 0.05) is 72.7 Å². The van der Waals surface area contributed by atoms with Crippen LogP contribution < -0.4 is 19.5 Å². The van der Waals surface area contributed by atoms with Gasteiger partial charge in [-0.05, 0) is 82.6 Å². The van der Waals surface area contributed by atoms with E-state index in [9.17, 15) is 40.8 Å². The van der Waals surface area contributed by atoms with Crippen molar-refractivity contribution >= 4 is 44.6 Å². The summed E-state index contributed by atoms with van der Waals surface area (Å²) in [5.41, 5.74) is 1.07. The molecule has 0 spiro atoms. The van der Waals surface area contributed by atoms with Crippen molar-refractivity contribution in [1.82, 2.24) is 29.8 Å². The summed E-state index contributed by atoms with van der Waals surface area (Å²) in [4.78, 5) is 69.2. The van der Waals surface area contributed by atoms with Gasteiger partial charge in [-0.15, -0.1) is 0 Å². The summed E-state index contributed by atoms with van der Waals surface area (Å²) in [6.07, 6.45) is 5.25. The minimum absolute atomic E-state index is 0.0110. The van der Waals surface area contributed by atoms with Gasteiger partial charge in [-0.2, -0.15) is 13.2 Å². The Bertz CT molecular complexity index is 2390. The third-order valence-electron chi connectivity index (χ3n) is 13.3. The summed E-state index contributed by atoms with van der Waals surface area (Å²) in [6, 6.07) is 7.85. The number of aryl methyl sites for hydroxylation is 1. The Morgan fingerprint density at radius 1 is 1.03 bits per heavy atom. The molecule has 4 fully saturated rings. The molecule has 2 saturated heterocycles. The van der Waals surface area contributed by atoms with E-state index in [0.29, 0.717) is 66.6 Å². The van der Waals surface area contributed by atoms with Crippen LogP contribution in [0, 0.1) is 24.7 Å². The third kappa shape index (κ3) is 9.51. The maximum absolute atomic E-state index is 14.9. The number of pyridine rings is 2. The fourth-order valence-electron chi connectivity index (χ4n) is 9.32. The lowest BCUT2D eigenvalue weighted by Gasteiger charge is -2.34. The quantitative estimate of drug-likeness (QED) is 0.251. The zero-order valence-electron chi connectivity index (χ0n) is 35.4. The molecule has 2 saturated carbocycles. The number of halogens is 3. The van der Waals surface area contributed by atoms with Crippen molar-refractivity contribution < 1.29 is 50.2 Å². The van der Waals surface area contributed by atoms with Crippen molar-refractivity contribution in [1.29, 1.82) is 0 Å². The van der Waals surface area contributed by atoms with Crippen LogP contribution in [0.2, 0.25) is 0 Å². The Morgan fingerprint density at radius 3 is 2.51 bits per heavy atom. The Labute approximate surface area is 364 Å². The number of alkyl halides is 3. The maximum atomic E-state index is 14.9. The molecule has 4 amide bonds. The first-order valence-electron chi connectivity index (χ1n) is 21.8. The van der Waals surface area contributed by atoms with Crippen LogP contribution in [0.5, 0.6) is 11.5 Å². The number of benzene rings is 1. The van der Waals surface area contributed by atoms with E-state index >= 15 is 0 Å². The molecule has 1 aromatic carbocycles. The molecule has 14 nitrogen and oxygen atoms in total. The van der Waals surface area contributed by atoms with E-state index in [1.165, 1.54) is 9.80 Å². The molecule has 5 heterocycles. The van der Waals surface area contributed by atoms with Crippen molar-refractivity contribution in [2.45, 2.75) is 113 Å². The number of ether oxygens (including phenoxy) is 2. The summed E-state index contributed by atoms with van der Waals surface area (Å²) in [6.45, 7) is 1.66. The number of carbonyl (C=O) groups is 4. The average Bonchev–Trinajstić information content (AvgIpc) is 4.19. The smallest absolute Gasteiger partial charge is 0.391 e. The van der Waals surface area contributed by atoms with Crippen molar-refractivity contribution in [3.8, 4) is 22.8 Å². The number of hydrogen-bond donors (Lipinski definition) is 2. The third-order valence-corrected chi connectivity index (χ3v) is 15.1. The average molecular weight is 895 g/mol. The van der Waals surface area contributed by atoms with Crippen LogP contribution in [0.15, 0.2) is 54.9 Å². The highest BCUT2D eigenvalue weighted by Gasteiger charge is 2.62. The molecule has 8 rings (SSSR count). The molecule has 5 aliphatic rings. The normalized spacial score (nSPS) is 26.7. The SMILES string of the molecule is COc1ccc2c(O[C@@H]3C[C@H]4C(=O)N[C@]5(C(=O)NS(=O)(=O)C6CC6)CC5/C=C\CCCCC[C@H](CC(=O)N5CCC(C(F)(F)F)CC5)C(=O)N4C3)cc(-c3cccnc3)nc2c1C. The molecule has 338 valence electrons.